The molecule has 0 amide bonds. The molecule has 0 bridgehead atoms. The van der Waals surface area contributed by atoms with Gasteiger partial charge < -0.3 is 25.2 Å². The maximum atomic E-state index is 12.3. The molecule has 0 saturated carbocycles. The summed E-state index contributed by atoms with van der Waals surface area (Å²) in [6, 6.07) is 0. The molecule has 1 aliphatic heterocycles. The molecule has 0 unspecified atom stereocenters. The van der Waals surface area contributed by atoms with E-state index in [-0.39, 0.29) is 12.8 Å². The minimum absolute atomic E-state index is 0.141. The van der Waals surface area contributed by atoms with Crippen molar-refractivity contribution in [1.82, 2.24) is 0 Å². The maximum absolute atomic E-state index is 12.3. The number of hydrogen-bond donors (Lipinski definition) is 4. The van der Waals surface area contributed by atoms with Crippen LogP contribution in [0, 0.1) is 5.41 Å². The van der Waals surface area contributed by atoms with Crippen LogP contribution in [0.4, 0.5) is 0 Å². The van der Waals surface area contributed by atoms with Gasteiger partial charge in [-0.05, 0) is 20.3 Å². The van der Waals surface area contributed by atoms with Crippen LogP contribution in [0.2, 0.25) is 0 Å². The molecule has 0 spiro atoms. The number of hydrogen-bond acceptors (Lipinski definition) is 6. The molecule has 0 aromatic rings. The maximum Gasteiger partial charge on any atom is 0.314 e. The van der Waals surface area contributed by atoms with Crippen molar-refractivity contribution in [3.63, 3.8) is 0 Å². The Hall–Kier alpha value is -0.950. The van der Waals surface area contributed by atoms with E-state index in [1.54, 1.807) is 0 Å². The van der Waals surface area contributed by atoms with Gasteiger partial charge in [-0.2, -0.15) is 0 Å². The molecule has 0 aromatic carbocycles. The summed E-state index contributed by atoms with van der Waals surface area (Å²) in [5.74, 6) is -0.657. The van der Waals surface area contributed by atoms with Crippen LogP contribution in [-0.2, 0) is 9.53 Å². The largest absolute Gasteiger partial charge is 0.462 e. The van der Waals surface area contributed by atoms with E-state index in [1.165, 1.54) is 26.0 Å². The number of ether oxygens (including phenoxy) is 1. The molecule has 6 heteroatoms. The molecule has 0 radical (unpaired) electrons. The molecule has 1 aliphatic rings. The minimum Gasteiger partial charge on any atom is -0.462 e. The van der Waals surface area contributed by atoms with Crippen LogP contribution in [0.1, 0.15) is 46.5 Å². The fraction of sp³-hybridized carbons (Fsp3) is 0.812. The molecule has 22 heavy (non-hydrogen) atoms. The first-order valence-corrected chi connectivity index (χ1v) is 7.80. The van der Waals surface area contributed by atoms with Gasteiger partial charge in [0.1, 0.15) is 6.10 Å². The van der Waals surface area contributed by atoms with Gasteiger partial charge in [-0.1, -0.05) is 25.5 Å². The lowest BCUT2D eigenvalue weighted by Gasteiger charge is -2.34. The first kappa shape index (κ1) is 19.1. The number of aliphatic hydroxyl groups is 4. The quantitative estimate of drug-likeness (QED) is 0.445. The van der Waals surface area contributed by atoms with Crippen molar-refractivity contribution in [2.45, 2.75) is 77.0 Å². The van der Waals surface area contributed by atoms with Gasteiger partial charge in [-0.25, -0.2) is 0 Å². The number of carbonyl (C=O) groups excluding carboxylic acids is 1. The van der Waals surface area contributed by atoms with Crippen molar-refractivity contribution < 1.29 is 30.0 Å². The van der Waals surface area contributed by atoms with Crippen LogP contribution in [0.25, 0.3) is 0 Å². The summed E-state index contributed by atoms with van der Waals surface area (Å²) >= 11 is 0. The van der Waals surface area contributed by atoms with Gasteiger partial charge in [-0.15, -0.1) is 0 Å². The van der Waals surface area contributed by atoms with Crippen LogP contribution in [-0.4, -0.2) is 56.9 Å². The van der Waals surface area contributed by atoms with Crippen LogP contribution in [0.3, 0.4) is 0 Å². The first-order chi connectivity index (χ1) is 10.2. The third kappa shape index (κ3) is 5.05. The highest BCUT2D eigenvalue weighted by Crippen LogP contribution is 2.29. The molecule has 128 valence electrons. The van der Waals surface area contributed by atoms with E-state index < -0.39 is 41.9 Å². The van der Waals surface area contributed by atoms with Crippen molar-refractivity contribution in [1.29, 1.82) is 0 Å². The van der Waals surface area contributed by atoms with E-state index in [4.69, 9.17) is 4.74 Å². The predicted molar refractivity (Wildman–Crippen MR) is 81.0 cm³/mol. The fourth-order valence-corrected chi connectivity index (χ4v) is 2.49. The lowest BCUT2D eigenvalue weighted by atomic mass is 9.82. The summed E-state index contributed by atoms with van der Waals surface area (Å²) in [4.78, 5) is 12.3. The zero-order chi connectivity index (χ0) is 16.9. The lowest BCUT2D eigenvalue weighted by Crippen LogP contribution is -2.47. The third-order valence-corrected chi connectivity index (χ3v) is 4.05. The van der Waals surface area contributed by atoms with E-state index in [0.717, 1.165) is 6.42 Å². The number of aliphatic hydroxyl groups excluding tert-OH is 4. The van der Waals surface area contributed by atoms with Gasteiger partial charge in [0.15, 0.2) is 0 Å². The van der Waals surface area contributed by atoms with Crippen molar-refractivity contribution in [2.24, 2.45) is 5.41 Å². The van der Waals surface area contributed by atoms with Crippen LogP contribution in [0.15, 0.2) is 12.2 Å². The molecule has 0 aromatic heterocycles. The van der Waals surface area contributed by atoms with Crippen LogP contribution in [0.5, 0.6) is 0 Å². The van der Waals surface area contributed by atoms with Crippen molar-refractivity contribution in [3.05, 3.63) is 12.2 Å². The predicted octanol–water partition coefficient (Wildman–Crippen LogP) is 0.518. The fourth-order valence-electron chi connectivity index (χ4n) is 2.49. The second-order valence-electron chi connectivity index (χ2n) is 6.55. The van der Waals surface area contributed by atoms with Gasteiger partial charge in [-0.3, -0.25) is 4.79 Å². The summed E-state index contributed by atoms with van der Waals surface area (Å²) in [5.41, 5.74) is -1.29. The van der Waals surface area contributed by atoms with Gasteiger partial charge in [0, 0.05) is 12.8 Å². The highest BCUT2D eigenvalue weighted by molar-refractivity contribution is 5.77. The van der Waals surface area contributed by atoms with Gasteiger partial charge in [0.05, 0.1) is 29.8 Å². The molecule has 1 rings (SSSR count). The Kier molecular flexibility index (Phi) is 6.99. The molecule has 0 saturated heterocycles. The molecule has 0 fully saturated rings. The summed E-state index contributed by atoms with van der Waals surface area (Å²) in [6.07, 6.45) is -0.350. The SMILES string of the molecule is CCC[C@H](O)C[C@@H]1C[C@H](O)/C=C/[C@@H](O)[C@H](O)C(C)(C)C(=O)O1. The Morgan fingerprint density at radius 2 is 1.95 bits per heavy atom. The van der Waals surface area contributed by atoms with Crippen molar-refractivity contribution in [2.75, 3.05) is 0 Å². The van der Waals surface area contributed by atoms with Gasteiger partial charge >= 0.3 is 5.97 Å². The monoisotopic (exact) mass is 316 g/mol. The van der Waals surface area contributed by atoms with Gasteiger partial charge in [0.2, 0.25) is 0 Å². The van der Waals surface area contributed by atoms with Crippen molar-refractivity contribution >= 4 is 5.97 Å². The molecular weight excluding hydrogens is 288 g/mol. The Balaban J connectivity index is 2.94. The molecule has 1 heterocycles. The minimum atomic E-state index is -1.34. The highest BCUT2D eigenvalue weighted by atomic mass is 16.5. The number of carbonyl (C=O) groups is 1. The van der Waals surface area contributed by atoms with Gasteiger partial charge in [0.25, 0.3) is 0 Å². The summed E-state index contributed by atoms with van der Waals surface area (Å²) in [7, 11) is 0. The summed E-state index contributed by atoms with van der Waals surface area (Å²) in [5, 5.41) is 39.8. The molecule has 4 N–H and O–H groups in total. The van der Waals surface area contributed by atoms with E-state index >= 15 is 0 Å². The topological polar surface area (TPSA) is 107 Å². The first-order valence-electron chi connectivity index (χ1n) is 7.80. The Bertz CT molecular complexity index is 392. The average Bonchev–Trinajstić information content (AvgIpc) is 2.42. The Morgan fingerprint density at radius 3 is 2.55 bits per heavy atom. The van der Waals surface area contributed by atoms with Crippen molar-refractivity contribution in [3.8, 4) is 0 Å². The number of cyclic esters (lactones) is 1. The van der Waals surface area contributed by atoms with E-state index in [2.05, 4.69) is 0 Å². The second kappa shape index (κ2) is 8.06. The second-order valence-corrected chi connectivity index (χ2v) is 6.55. The molecule has 5 atom stereocenters. The van der Waals surface area contributed by atoms with E-state index in [0.29, 0.717) is 6.42 Å². The number of rotatable bonds is 4. The van der Waals surface area contributed by atoms with Crippen LogP contribution < -0.4 is 0 Å². The normalized spacial score (nSPS) is 35.5. The number of esters is 1. The highest BCUT2D eigenvalue weighted by Gasteiger charge is 2.42. The zero-order valence-corrected chi connectivity index (χ0v) is 13.5. The summed E-state index contributed by atoms with van der Waals surface area (Å²) < 4.78 is 5.38. The smallest absolute Gasteiger partial charge is 0.314 e. The van der Waals surface area contributed by atoms with Crippen LogP contribution >= 0.6 is 0 Å². The standard InChI is InChI=1S/C16H28O6/c1-4-5-10(17)8-12-9-11(18)6-7-13(19)14(20)16(2,3)15(21)22-12/h6-7,10-14,17-20H,4-5,8-9H2,1-3H3/b7-6+/t10-,11+,12+,13+,14-/m0/s1. The van der Waals surface area contributed by atoms with E-state index in [1.807, 2.05) is 6.92 Å². The zero-order valence-electron chi connectivity index (χ0n) is 13.5. The molecule has 0 aliphatic carbocycles. The molecule has 6 nitrogen and oxygen atoms in total. The Morgan fingerprint density at radius 1 is 1.32 bits per heavy atom. The molecular formula is C16H28O6. The average molecular weight is 316 g/mol. The summed E-state index contributed by atoms with van der Waals surface area (Å²) in [6.45, 7) is 4.93. The Labute approximate surface area is 131 Å². The third-order valence-electron chi connectivity index (χ3n) is 4.05. The lowest BCUT2D eigenvalue weighted by molar-refractivity contribution is -0.172. The van der Waals surface area contributed by atoms with E-state index in [9.17, 15) is 25.2 Å².